The molecule has 26 heavy (non-hydrogen) atoms. The number of pyridine rings is 1. The molecule has 0 amide bonds. The van der Waals surface area contributed by atoms with Crippen LogP contribution in [0.4, 0.5) is 4.39 Å². The van der Waals surface area contributed by atoms with Gasteiger partial charge in [0.15, 0.2) is 0 Å². The maximum Gasteiger partial charge on any atom is 0.279 e. The van der Waals surface area contributed by atoms with E-state index in [0.717, 1.165) is 12.8 Å². The Hall–Kier alpha value is -2.03. The normalized spacial score (nSPS) is 18.6. The first-order valence-electron chi connectivity index (χ1n) is 8.55. The van der Waals surface area contributed by atoms with Crippen LogP contribution in [-0.2, 0) is 16.8 Å². The number of aromatic nitrogens is 1. The van der Waals surface area contributed by atoms with E-state index in [1.165, 1.54) is 22.6 Å². The molecule has 2 aromatic rings. The van der Waals surface area contributed by atoms with Crippen LogP contribution in [0, 0.1) is 11.7 Å². The first-order valence-corrected chi connectivity index (χ1v) is 9.99. The second kappa shape index (κ2) is 8.11. The largest absolute Gasteiger partial charge is 0.439 e. The molecule has 1 fully saturated rings. The summed E-state index contributed by atoms with van der Waals surface area (Å²) in [7, 11) is -3.50. The molecule has 1 aromatic carbocycles. The fourth-order valence-electron chi connectivity index (χ4n) is 2.86. The number of halogens is 1. The number of nitrogens with one attached hydrogen (secondary N) is 1. The third-order valence-corrected chi connectivity index (χ3v) is 5.76. The smallest absolute Gasteiger partial charge is 0.279 e. The van der Waals surface area contributed by atoms with Crippen LogP contribution in [-0.4, -0.2) is 30.8 Å². The summed E-state index contributed by atoms with van der Waals surface area (Å²) in [6.45, 7) is 3.32. The number of piperidine rings is 1. The van der Waals surface area contributed by atoms with Gasteiger partial charge in [-0.1, -0.05) is 19.1 Å². The van der Waals surface area contributed by atoms with Crippen molar-refractivity contribution >= 4 is 10.2 Å². The molecule has 0 aliphatic carbocycles. The van der Waals surface area contributed by atoms with Crippen LogP contribution in [0.1, 0.15) is 25.3 Å². The third-order valence-electron chi connectivity index (χ3n) is 4.23. The Morgan fingerprint density at radius 3 is 2.88 bits per heavy atom. The molecule has 0 bridgehead atoms. The van der Waals surface area contributed by atoms with Gasteiger partial charge < -0.3 is 4.74 Å². The van der Waals surface area contributed by atoms with Crippen LogP contribution in [0.2, 0.25) is 0 Å². The molecule has 2 heterocycles. The van der Waals surface area contributed by atoms with Gasteiger partial charge in [-0.05, 0) is 36.5 Å². The summed E-state index contributed by atoms with van der Waals surface area (Å²) in [4.78, 5) is 4.14. The van der Waals surface area contributed by atoms with Crippen LogP contribution in [0.3, 0.4) is 0 Å². The lowest BCUT2D eigenvalue weighted by molar-refractivity contribution is 0.278. The van der Waals surface area contributed by atoms with E-state index in [1.54, 1.807) is 24.3 Å². The molecule has 1 aliphatic rings. The molecule has 1 aromatic heterocycles. The van der Waals surface area contributed by atoms with Gasteiger partial charge in [0.05, 0.1) is 0 Å². The Morgan fingerprint density at radius 2 is 2.19 bits per heavy atom. The Bertz CT molecular complexity index is 843. The number of hydrogen-bond acceptors (Lipinski definition) is 4. The molecule has 1 N–H and O–H groups in total. The van der Waals surface area contributed by atoms with Gasteiger partial charge in [0.1, 0.15) is 11.6 Å². The maximum absolute atomic E-state index is 13.2. The van der Waals surface area contributed by atoms with E-state index in [1.807, 2.05) is 0 Å². The van der Waals surface area contributed by atoms with Crippen LogP contribution in [0.15, 0.2) is 42.6 Å². The molecule has 0 saturated carbocycles. The van der Waals surface area contributed by atoms with Crippen LogP contribution in [0.5, 0.6) is 11.6 Å². The predicted octanol–water partition coefficient (Wildman–Crippen LogP) is 3.08. The van der Waals surface area contributed by atoms with E-state index in [0.29, 0.717) is 36.2 Å². The van der Waals surface area contributed by atoms with Gasteiger partial charge >= 0.3 is 0 Å². The fraction of sp³-hybridized carbons (Fsp3) is 0.389. The summed E-state index contributed by atoms with van der Waals surface area (Å²) in [6.07, 6.45) is 3.48. The SMILES string of the molecule is C[C@H]1CCCN(S(=O)(=O)NCc2ccc(Oc3cccc(F)c3)nc2)C1. The van der Waals surface area contributed by atoms with Crippen molar-refractivity contribution < 1.29 is 17.5 Å². The van der Waals surface area contributed by atoms with Crippen molar-refractivity contribution in [2.24, 2.45) is 5.92 Å². The minimum atomic E-state index is -3.50. The molecule has 140 valence electrons. The van der Waals surface area contributed by atoms with E-state index < -0.39 is 10.2 Å². The maximum atomic E-state index is 13.2. The van der Waals surface area contributed by atoms with Crippen molar-refractivity contribution in [2.75, 3.05) is 13.1 Å². The molecule has 1 atom stereocenters. The van der Waals surface area contributed by atoms with E-state index in [-0.39, 0.29) is 12.4 Å². The zero-order chi connectivity index (χ0) is 18.6. The number of benzene rings is 1. The minimum Gasteiger partial charge on any atom is -0.439 e. The van der Waals surface area contributed by atoms with E-state index in [9.17, 15) is 12.8 Å². The molecule has 1 aliphatic heterocycles. The second-order valence-electron chi connectivity index (χ2n) is 6.50. The summed E-state index contributed by atoms with van der Waals surface area (Å²) < 4.78 is 47.5. The highest BCUT2D eigenvalue weighted by Gasteiger charge is 2.26. The zero-order valence-electron chi connectivity index (χ0n) is 14.6. The average molecular weight is 379 g/mol. The van der Waals surface area contributed by atoms with E-state index >= 15 is 0 Å². The minimum absolute atomic E-state index is 0.153. The van der Waals surface area contributed by atoms with E-state index in [2.05, 4.69) is 16.6 Å². The first kappa shape index (κ1) is 18.8. The van der Waals surface area contributed by atoms with Crippen LogP contribution >= 0.6 is 0 Å². The van der Waals surface area contributed by atoms with Crippen molar-refractivity contribution in [1.82, 2.24) is 14.0 Å². The Labute approximate surface area is 153 Å². The van der Waals surface area contributed by atoms with E-state index in [4.69, 9.17) is 4.74 Å². The van der Waals surface area contributed by atoms with Crippen LogP contribution in [0.25, 0.3) is 0 Å². The number of ether oxygens (including phenoxy) is 1. The lowest BCUT2D eigenvalue weighted by atomic mass is 10.0. The predicted molar refractivity (Wildman–Crippen MR) is 96.4 cm³/mol. The zero-order valence-corrected chi connectivity index (χ0v) is 15.4. The van der Waals surface area contributed by atoms with Gasteiger partial charge in [0, 0.05) is 38.0 Å². The number of hydrogen-bond donors (Lipinski definition) is 1. The quantitative estimate of drug-likeness (QED) is 0.837. The molecule has 6 nitrogen and oxygen atoms in total. The summed E-state index contributed by atoms with van der Waals surface area (Å²) in [5.41, 5.74) is 0.713. The van der Waals surface area contributed by atoms with Crippen molar-refractivity contribution in [2.45, 2.75) is 26.3 Å². The monoisotopic (exact) mass is 379 g/mol. The highest BCUT2D eigenvalue weighted by molar-refractivity contribution is 7.87. The molecule has 0 unspecified atom stereocenters. The Morgan fingerprint density at radius 1 is 1.35 bits per heavy atom. The molecule has 0 radical (unpaired) electrons. The van der Waals surface area contributed by atoms with Crippen molar-refractivity contribution in [3.05, 3.63) is 54.0 Å². The van der Waals surface area contributed by atoms with Crippen molar-refractivity contribution in [1.29, 1.82) is 0 Å². The Balaban J connectivity index is 1.57. The second-order valence-corrected chi connectivity index (χ2v) is 8.25. The molecule has 1 saturated heterocycles. The summed E-state index contributed by atoms with van der Waals surface area (Å²) >= 11 is 0. The first-order chi connectivity index (χ1) is 12.4. The van der Waals surface area contributed by atoms with Gasteiger partial charge in [-0.25, -0.2) is 9.37 Å². The molecule has 8 heteroatoms. The van der Waals surface area contributed by atoms with Gasteiger partial charge in [0.2, 0.25) is 5.88 Å². The molecular weight excluding hydrogens is 357 g/mol. The molecule has 0 spiro atoms. The Kier molecular flexibility index (Phi) is 5.85. The molecular formula is C18H22FN3O3S. The lowest BCUT2D eigenvalue weighted by Gasteiger charge is -2.29. The highest BCUT2D eigenvalue weighted by atomic mass is 32.2. The fourth-order valence-corrected chi connectivity index (χ4v) is 4.21. The van der Waals surface area contributed by atoms with Gasteiger partial charge in [-0.2, -0.15) is 17.4 Å². The average Bonchev–Trinajstić information content (AvgIpc) is 2.61. The van der Waals surface area contributed by atoms with Gasteiger partial charge in [0.25, 0.3) is 10.2 Å². The number of nitrogens with zero attached hydrogens (tertiary/aromatic N) is 2. The van der Waals surface area contributed by atoms with Crippen LogP contribution < -0.4 is 9.46 Å². The molecule has 3 rings (SSSR count). The highest BCUT2D eigenvalue weighted by Crippen LogP contribution is 2.20. The number of rotatable bonds is 6. The van der Waals surface area contributed by atoms with Crippen molar-refractivity contribution in [3.8, 4) is 11.6 Å². The third kappa shape index (κ3) is 5.00. The summed E-state index contributed by atoms with van der Waals surface area (Å²) in [5.74, 6) is 0.652. The summed E-state index contributed by atoms with van der Waals surface area (Å²) in [5, 5.41) is 0. The van der Waals surface area contributed by atoms with Gasteiger partial charge in [-0.3, -0.25) is 0 Å². The standard InChI is InChI=1S/C18H22FN3O3S/c1-14-4-3-9-22(13-14)26(23,24)21-12-15-7-8-18(20-11-15)25-17-6-2-5-16(19)10-17/h2,5-8,10-11,14,21H,3-4,9,12-13H2,1H3/t14-/m0/s1. The lowest BCUT2D eigenvalue weighted by Crippen LogP contribution is -2.45. The van der Waals surface area contributed by atoms with Gasteiger partial charge in [-0.15, -0.1) is 0 Å². The van der Waals surface area contributed by atoms with Crippen molar-refractivity contribution in [3.63, 3.8) is 0 Å². The topological polar surface area (TPSA) is 71.5 Å². The summed E-state index contributed by atoms with van der Waals surface area (Å²) in [6, 6.07) is 9.13.